The molecular weight excluding hydrogens is 519 g/mol. The zero-order valence-corrected chi connectivity index (χ0v) is 20.4. The Kier molecular flexibility index (Phi) is 6.37. The molecular formula is C24H17ClF3N3O2S2. The van der Waals surface area contributed by atoms with Crippen LogP contribution in [0.2, 0.25) is 5.02 Å². The van der Waals surface area contributed by atoms with Crippen LogP contribution in [0.3, 0.4) is 0 Å². The van der Waals surface area contributed by atoms with E-state index < -0.39 is 22.7 Å². The van der Waals surface area contributed by atoms with E-state index in [1.807, 2.05) is 18.2 Å². The molecule has 5 rings (SSSR count). The van der Waals surface area contributed by atoms with Crippen molar-refractivity contribution >= 4 is 56.5 Å². The first-order valence-electron chi connectivity index (χ1n) is 10.6. The van der Waals surface area contributed by atoms with Gasteiger partial charge in [-0.1, -0.05) is 41.6 Å². The number of hydrogen-bond donors (Lipinski definition) is 1. The Morgan fingerprint density at radius 2 is 1.94 bits per heavy atom. The number of alkyl halides is 3. The molecule has 0 radical (unpaired) electrons. The van der Waals surface area contributed by atoms with E-state index in [9.17, 15) is 22.8 Å². The molecule has 35 heavy (non-hydrogen) atoms. The monoisotopic (exact) mass is 535 g/mol. The lowest BCUT2D eigenvalue weighted by Gasteiger charge is -2.13. The number of halogens is 4. The van der Waals surface area contributed by atoms with Crippen LogP contribution in [0.5, 0.6) is 0 Å². The first-order valence-corrected chi connectivity index (χ1v) is 12.8. The van der Waals surface area contributed by atoms with Crippen molar-refractivity contribution in [1.29, 1.82) is 0 Å². The molecule has 0 aliphatic heterocycles. The number of nitrogens with one attached hydrogen (secondary N) is 1. The number of carbonyl (C=O) groups excluding carboxylic acids is 1. The maximum atomic E-state index is 13.6. The van der Waals surface area contributed by atoms with Gasteiger partial charge in [0.05, 0.1) is 27.4 Å². The van der Waals surface area contributed by atoms with E-state index in [1.54, 1.807) is 12.1 Å². The number of hydrogen-bond acceptors (Lipinski definition) is 5. The second kappa shape index (κ2) is 9.33. The number of benzene rings is 2. The Balaban J connectivity index is 1.45. The van der Waals surface area contributed by atoms with Gasteiger partial charge in [0.15, 0.2) is 5.16 Å². The lowest BCUT2D eigenvalue weighted by molar-refractivity contribution is -0.137. The van der Waals surface area contributed by atoms with Crippen LogP contribution in [-0.4, -0.2) is 21.2 Å². The first-order chi connectivity index (χ1) is 16.7. The fraction of sp³-hybridized carbons (Fsp3) is 0.208. The van der Waals surface area contributed by atoms with Gasteiger partial charge in [-0.2, -0.15) is 13.2 Å². The summed E-state index contributed by atoms with van der Waals surface area (Å²) in [7, 11) is 0. The molecule has 1 aliphatic rings. The molecule has 0 fully saturated rings. The van der Waals surface area contributed by atoms with Gasteiger partial charge in [-0.15, -0.1) is 11.3 Å². The molecule has 1 amide bonds. The minimum Gasteiger partial charge on any atom is -0.325 e. The van der Waals surface area contributed by atoms with E-state index in [4.69, 9.17) is 16.6 Å². The van der Waals surface area contributed by atoms with E-state index in [-0.39, 0.29) is 17.0 Å². The highest BCUT2D eigenvalue weighted by Crippen LogP contribution is 2.37. The van der Waals surface area contributed by atoms with Crippen LogP contribution in [0.15, 0.2) is 58.5 Å². The van der Waals surface area contributed by atoms with Crippen molar-refractivity contribution in [2.24, 2.45) is 0 Å². The summed E-state index contributed by atoms with van der Waals surface area (Å²) >= 11 is 8.20. The smallest absolute Gasteiger partial charge is 0.325 e. The summed E-state index contributed by atoms with van der Waals surface area (Å²) in [6.07, 6.45) is -1.86. The summed E-state index contributed by atoms with van der Waals surface area (Å²) in [6.45, 7) is 0. The van der Waals surface area contributed by atoms with Crippen molar-refractivity contribution in [2.45, 2.75) is 30.6 Å². The molecule has 0 saturated heterocycles. The van der Waals surface area contributed by atoms with E-state index in [1.165, 1.54) is 26.8 Å². The van der Waals surface area contributed by atoms with Crippen molar-refractivity contribution in [3.05, 3.63) is 79.9 Å². The Morgan fingerprint density at radius 1 is 1.17 bits per heavy atom. The number of anilines is 1. The van der Waals surface area contributed by atoms with Gasteiger partial charge in [0.1, 0.15) is 4.83 Å². The molecule has 5 nitrogen and oxygen atoms in total. The van der Waals surface area contributed by atoms with E-state index in [2.05, 4.69) is 5.32 Å². The number of fused-ring (bicyclic) bond motifs is 3. The number of thiophene rings is 1. The van der Waals surface area contributed by atoms with Gasteiger partial charge in [-0.05, 0) is 55.2 Å². The highest BCUT2D eigenvalue weighted by atomic mass is 35.5. The molecule has 2 heterocycles. The van der Waals surface area contributed by atoms with Crippen LogP contribution in [0, 0.1) is 0 Å². The molecule has 0 bridgehead atoms. The summed E-state index contributed by atoms with van der Waals surface area (Å²) in [5.41, 5.74) is 0.451. The average molecular weight is 536 g/mol. The number of carbonyl (C=O) groups is 1. The number of aromatic nitrogens is 2. The molecule has 1 aliphatic carbocycles. The predicted octanol–water partition coefficient (Wildman–Crippen LogP) is 6.34. The first kappa shape index (κ1) is 23.9. The third-order valence-electron chi connectivity index (χ3n) is 5.61. The van der Waals surface area contributed by atoms with Crippen LogP contribution in [0.4, 0.5) is 18.9 Å². The maximum Gasteiger partial charge on any atom is 0.417 e. The van der Waals surface area contributed by atoms with E-state index >= 15 is 0 Å². The van der Waals surface area contributed by atoms with Crippen molar-refractivity contribution in [3.8, 4) is 5.69 Å². The molecule has 2 aromatic heterocycles. The maximum absolute atomic E-state index is 13.6. The lowest BCUT2D eigenvalue weighted by atomic mass is 10.2. The van der Waals surface area contributed by atoms with Gasteiger partial charge >= 0.3 is 6.18 Å². The SMILES string of the molecule is O=C(CSc1nc2sc3c(c2c(=O)n1-c1ccccc1)CCC3)Nc1ccc(Cl)c(C(F)(F)F)c1. The van der Waals surface area contributed by atoms with Gasteiger partial charge in [0, 0.05) is 10.6 Å². The van der Waals surface area contributed by atoms with Crippen LogP contribution in [-0.2, 0) is 23.8 Å². The van der Waals surface area contributed by atoms with E-state index in [0.717, 1.165) is 48.7 Å². The minimum atomic E-state index is -4.64. The summed E-state index contributed by atoms with van der Waals surface area (Å²) in [4.78, 5) is 32.7. The second-order valence-corrected chi connectivity index (χ2v) is 10.4. The normalized spacial score (nSPS) is 13.3. The number of thioether (sulfide) groups is 1. The molecule has 4 aromatic rings. The zero-order valence-electron chi connectivity index (χ0n) is 18.0. The van der Waals surface area contributed by atoms with Gasteiger partial charge in [0.25, 0.3) is 5.56 Å². The summed E-state index contributed by atoms with van der Waals surface area (Å²) < 4.78 is 40.9. The summed E-state index contributed by atoms with van der Waals surface area (Å²) in [5, 5.41) is 2.99. The highest BCUT2D eigenvalue weighted by molar-refractivity contribution is 7.99. The fourth-order valence-corrected chi connectivity index (χ4v) is 6.41. The van der Waals surface area contributed by atoms with Gasteiger partial charge in [0.2, 0.25) is 5.91 Å². The van der Waals surface area contributed by atoms with Gasteiger partial charge in [-0.3, -0.25) is 14.2 Å². The lowest BCUT2D eigenvalue weighted by Crippen LogP contribution is -2.23. The third-order valence-corrected chi connectivity index (χ3v) is 8.06. The molecule has 0 unspecified atom stereocenters. The number of nitrogens with zero attached hydrogens (tertiary/aromatic N) is 2. The Labute approximate surface area is 210 Å². The van der Waals surface area contributed by atoms with Crippen molar-refractivity contribution in [1.82, 2.24) is 9.55 Å². The Hall–Kier alpha value is -2.82. The van der Waals surface area contributed by atoms with Crippen LogP contribution >= 0.6 is 34.7 Å². The molecule has 11 heteroatoms. The summed E-state index contributed by atoms with van der Waals surface area (Å²) in [5.74, 6) is -0.687. The summed E-state index contributed by atoms with van der Waals surface area (Å²) in [6, 6.07) is 12.2. The van der Waals surface area contributed by atoms with Crippen molar-refractivity contribution < 1.29 is 18.0 Å². The number of amides is 1. The standard InChI is InChI=1S/C24H17ClF3N3O2S2/c25-17-10-9-13(11-16(17)24(26,27)28)29-19(32)12-34-23-30-21-20(15-7-4-8-18(15)35-21)22(33)31(23)14-5-2-1-3-6-14/h1-3,5-6,9-11H,4,7-8,12H2,(H,29,32). The van der Waals surface area contributed by atoms with Crippen LogP contribution in [0.25, 0.3) is 15.9 Å². The average Bonchev–Trinajstić information content (AvgIpc) is 3.40. The largest absolute Gasteiger partial charge is 0.417 e. The van der Waals surface area contributed by atoms with Crippen LogP contribution in [0.1, 0.15) is 22.4 Å². The topological polar surface area (TPSA) is 64.0 Å². The Morgan fingerprint density at radius 3 is 2.69 bits per heavy atom. The second-order valence-electron chi connectivity index (χ2n) is 7.94. The molecule has 0 spiro atoms. The van der Waals surface area contributed by atoms with Gasteiger partial charge in [-0.25, -0.2) is 4.98 Å². The highest BCUT2D eigenvalue weighted by Gasteiger charge is 2.33. The number of para-hydroxylation sites is 1. The molecule has 0 saturated carbocycles. The Bertz CT molecular complexity index is 1500. The zero-order chi connectivity index (χ0) is 24.7. The molecule has 180 valence electrons. The van der Waals surface area contributed by atoms with Crippen molar-refractivity contribution in [2.75, 3.05) is 11.1 Å². The minimum absolute atomic E-state index is 0.0223. The fourth-order valence-electron chi connectivity index (χ4n) is 4.07. The molecule has 1 N–H and O–H groups in total. The van der Waals surface area contributed by atoms with Crippen LogP contribution < -0.4 is 10.9 Å². The quantitative estimate of drug-likeness (QED) is 0.239. The molecule has 2 aromatic carbocycles. The number of aryl methyl sites for hydroxylation is 2. The van der Waals surface area contributed by atoms with Crippen molar-refractivity contribution in [3.63, 3.8) is 0 Å². The van der Waals surface area contributed by atoms with E-state index in [0.29, 0.717) is 21.1 Å². The number of rotatable bonds is 5. The van der Waals surface area contributed by atoms with Gasteiger partial charge < -0.3 is 5.32 Å². The molecule has 0 atom stereocenters. The third kappa shape index (κ3) is 4.70. The predicted molar refractivity (Wildman–Crippen MR) is 133 cm³/mol.